The first-order chi connectivity index (χ1) is 9.27. The third-order valence-corrected chi connectivity index (χ3v) is 3.30. The van der Waals surface area contributed by atoms with Crippen LogP contribution in [0.1, 0.15) is 10.4 Å². The molecule has 0 atom stereocenters. The van der Waals surface area contributed by atoms with Gasteiger partial charge in [-0.05, 0) is 18.2 Å². The first-order valence-electron chi connectivity index (χ1n) is 5.13. The number of rotatable bonds is 4. The summed E-state index contributed by atoms with van der Waals surface area (Å²) in [6.07, 6.45) is 2.01. The molecule has 0 heterocycles. The predicted molar refractivity (Wildman–Crippen MR) is 69.4 cm³/mol. The van der Waals surface area contributed by atoms with Crippen LogP contribution in [-0.4, -0.2) is 25.7 Å². The van der Waals surface area contributed by atoms with E-state index in [9.17, 15) is 13.2 Å². The lowest BCUT2D eigenvalue weighted by molar-refractivity contribution is 0.0696. The molecule has 0 aliphatic heterocycles. The number of allylic oxidation sites excluding steroid dienone is 1. The minimum absolute atomic E-state index is 0.147. The molecule has 0 saturated heterocycles. The van der Waals surface area contributed by atoms with Crippen molar-refractivity contribution in [2.75, 3.05) is 11.6 Å². The van der Waals surface area contributed by atoms with Crippen LogP contribution in [0.3, 0.4) is 0 Å². The smallest absolute Gasteiger partial charge is 0.335 e. The maximum atomic E-state index is 11.5. The quantitative estimate of drug-likeness (QED) is 0.795. The Balaban J connectivity index is 3.32. The van der Waals surface area contributed by atoms with E-state index in [1.54, 1.807) is 12.1 Å². The number of carbonyl (C=O) groups is 1. The highest BCUT2D eigenvalue weighted by atomic mass is 32.2. The molecule has 0 saturated carbocycles. The number of carboxylic acid groups (broad SMARTS) is 1. The Hall–Kier alpha value is -2.84. The molecular weight excluding hydrogens is 282 g/mol. The Labute approximate surface area is 115 Å². The van der Waals surface area contributed by atoms with E-state index in [1.807, 2.05) is 0 Å². The Morgan fingerprint density at radius 2 is 1.90 bits per heavy atom. The number of hydrogen-bond donors (Lipinski definition) is 2. The summed E-state index contributed by atoms with van der Waals surface area (Å²) in [4.78, 5) is 10.8. The van der Waals surface area contributed by atoms with Gasteiger partial charge >= 0.3 is 5.97 Å². The lowest BCUT2D eigenvalue weighted by atomic mass is 10.2. The van der Waals surface area contributed by atoms with Gasteiger partial charge in [0.25, 0.3) is 0 Å². The van der Waals surface area contributed by atoms with Crippen LogP contribution in [0, 0.1) is 22.7 Å². The molecule has 0 aliphatic carbocycles. The van der Waals surface area contributed by atoms with Crippen LogP contribution in [0.5, 0.6) is 0 Å². The van der Waals surface area contributed by atoms with E-state index >= 15 is 0 Å². The molecule has 0 unspecified atom stereocenters. The molecule has 0 aliphatic rings. The van der Waals surface area contributed by atoms with Crippen molar-refractivity contribution in [2.24, 2.45) is 0 Å². The molecule has 0 amide bonds. The SMILES string of the molecule is CS(=O)(=O)c1cc(NC=C(C#N)C#N)cc(C(=O)O)c1. The fourth-order valence-electron chi connectivity index (χ4n) is 1.26. The maximum absolute atomic E-state index is 11.5. The summed E-state index contributed by atoms with van der Waals surface area (Å²) in [7, 11) is -3.59. The zero-order valence-electron chi connectivity index (χ0n) is 10.3. The molecule has 0 bridgehead atoms. The second-order valence-electron chi connectivity index (χ2n) is 3.75. The highest BCUT2D eigenvalue weighted by Gasteiger charge is 2.13. The van der Waals surface area contributed by atoms with Gasteiger partial charge in [0.05, 0.1) is 10.5 Å². The number of sulfone groups is 1. The molecular formula is C12H9N3O4S. The van der Waals surface area contributed by atoms with Crippen LogP contribution in [0.2, 0.25) is 0 Å². The van der Waals surface area contributed by atoms with E-state index in [-0.39, 0.29) is 21.7 Å². The standard InChI is InChI=1S/C12H9N3O4S/c1-20(18,19)11-3-9(12(16)17)2-10(4-11)15-7-8(5-13)6-14/h2-4,7,15H,1H3,(H,16,17). The summed E-state index contributed by atoms with van der Waals surface area (Å²) >= 11 is 0. The monoisotopic (exact) mass is 291 g/mol. The second-order valence-corrected chi connectivity index (χ2v) is 5.77. The maximum Gasteiger partial charge on any atom is 0.335 e. The Morgan fingerprint density at radius 3 is 2.35 bits per heavy atom. The summed E-state index contributed by atoms with van der Waals surface area (Å²) in [6.45, 7) is 0. The Morgan fingerprint density at radius 1 is 1.30 bits per heavy atom. The number of benzene rings is 1. The van der Waals surface area contributed by atoms with Crippen LogP contribution >= 0.6 is 0 Å². The molecule has 0 fully saturated rings. The minimum atomic E-state index is -3.59. The second kappa shape index (κ2) is 5.87. The fourth-order valence-corrected chi connectivity index (χ4v) is 1.95. The molecule has 1 aromatic carbocycles. The normalized spacial score (nSPS) is 9.95. The third-order valence-electron chi connectivity index (χ3n) is 2.21. The number of nitrogens with one attached hydrogen (secondary N) is 1. The van der Waals surface area contributed by atoms with Gasteiger partial charge in [-0.1, -0.05) is 0 Å². The molecule has 0 radical (unpaired) electrons. The van der Waals surface area contributed by atoms with E-state index < -0.39 is 15.8 Å². The predicted octanol–water partition coefficient (Wildman–Crippen LogP) is 1.13. The highest BCUT2D eigenvalue weighted by molar-refractivity contribution is 7.90. The molecule has 2 N–H and O–H groups in total. The van der Waals surface area contributed by atoms with Gasteiger partial charge in [-0.3, -0.25) is 0 Å². The Kier molecular flexibility index (Phi) is 4.46. The van der Waals surface area contributed by atoms with Gasteiger partial charge in [-0.2, -0.15) is 10.5 Å². The first kappa shape index (κ1) is 15.2. The van der Waals surface area contributed by atoms with Gasteiger partial charge < -0.3 is 10.4 Å². The van der Waals surface area contributed by atoms with Crippen molar-refractivity contribution in [2.45, 2.75) is 4.90 Å². The van der Waals surface area contributed by atoms with Crippen LogP contribution in [0.4, 0.5) is 5.69 Å². The molecule has 1 aromatic rings. The van der Waals surface area contributed by atoms with E-state index in [2.05, 4.69) is 5.32 Å². The number of nitrogens with zero attached hydrogens (tertiary/aromatic N) is 2. The number of anilines is 1. The van der Waals surface area contributed by atoms with Crippen molar-refractivity contribution in [3.05, 3.63) is 35.5 Å². The van der Waals surface area contributed by atoms with Gasteiger partial charge in [0.2, 0.25) is 0 Å². The van der Waals surface area contributed by atoms with Crippen molar-refractivity contribution >= 4 is 21.5 Å². The number of hydrogen-bond acceptors (Lipinski definition) is 6. The minimum Gasteiger partial charge on any atom is -0.478 e. The largest absolute Gasteiger partial charge is 0.478 e. The number of nitriles is 2. The molecule has 8 heteroatoms. The fraction of sp³-hybridized carbons (Fsp3) is 0.0833. The molecule has 0 spiro atoms. The van der Waals surface area contributed by atoms with Crippen molar-refractivity contribution < 1.29 is 18.3 Å². The van der Waals surface area contributed by atoms with Gasteiger partial charge in [0, 0.05) is 18.1 Å². The topological polar surface area (TPSA) is 131 Å². The highest BCUT2D eigenvalue weighted by Crippen LogP contribution is 2.19. The van der Waals surface area contributed by atoms with E-state index in [4.69, 9.17) is 15.6 Å². The molecule has 0 aromatic heterocycles. The summed E-state index contributed by atoms with van der Waals surface area (Å²) in [6, 6.07) is 6.65. The summed E-state index contributed by atoms with van der Waals surface area (Å²) in [5.74, 6) is -1.29. The van der Waals surface area contributed by atoms with E-state index in [0.29, 0.717) is 0 Å². The number of carboxylic acids is 1. The van der Waals surface area contributed by atoms with Crippen LogP contribution in [0.25, 0.3) is 0 Å². The van der Waals surface area contributed by atoms with Crippen LogP contribution in [0.15, 0.2) is 34.9 Å². The molecule has 7 nitrogen and oxygen atoms in total. The van der Waals surface area contributed by atoms with Gasteiger partial charge in [-0.25, -0.2) is 13.2 Å². The van der Waals surface area contributed by atoms with Crippen molar-refractivity contribution in [3.8, 4) is 12.1 Å². The first-order valence-corrected chi connectivity index (χ1v) is 7.02. The van der Waals surface area contributed by atoms with Gasteiger partial charge in [-0.15, -0.1) is 0 Å². The van der Waals surface area contributed by atoms with Crippen LogP contribution in [-0.2, 0) is 9.84 Å². The molecule has 1 rings (SSSR count). The average molecular weight is 291 g/mol. The van der Waals surface area contributed by atoms with Gasteiger partial charge in [0.1, 0.15) is 17.7 Å². The van der Waals surface area contributed by atoms with Gasteiger partial charge in [0.15, 0.2) is 9.84 Å². The molecule has 20 heavy (non-hydrogen) atoms. The summed E-state index contributed by atoms with van der Waals surface area (Å²) in [5, 5.41) is 28.6. The van der Waals surface area contributed by atoms with E-state index in [1.165, 1.54) is 12.1 Å². The zero-order chi connectivity index (χ0) is 15.3. The summed E-state index contributed by atoms with van der Waals surface area (Å²) in [5.41, 5.74) is -0.306. The van der Waals surface area contributed by atoms with Crippen molar-refractivity contribution in [3.63, 3.8) is 0 Å². The lowest BCUT2D eigenvalue weighted by Crippen LogP contribution is -2.04. The van der Waals surface area contributed by atoms with Crippen LogP contribution < -0.4 is 5.32 Å². The zero-order valence-corrected chi connectivity index (χ0v) is 11.1. The summed E-state index contributed by atoms with van der Waals surface area (Å²) < 4.78 is 22.9. The number of aromatic carboxylic acids is 1. The van der Waals surface area contributed by atoms with Crippen molar-refractivity contribution in [1.29, 1.82) is 10.5 Å². The third kappa shape index (κ3) is 3.83. The van der Waals surface area contributed by atoms with E-state index in [0.717, 1.165) is 18.5 Å². The lowest BCUT2D eigenvalue weighted by Gasteiger charge is -2.06. The van der Waals surface area contributed by atoms with Crippen molar-refractivity contribution in [1.82, 2.24) is 0 Å². The Bertz CT molecular complexity index is 751. The average Bonchev–Trinajstić information content (AvgIpc) is 2.38. The molecule has 102 valence electrons.